The van der Waals surface area contributed by atoms with E-state index >= 15 is 0 Å². The number of nitrogens with zero attached hydrogens (tertiary/aromatic N) is 1. The highest BCUT2D eigenvalue weighted by Crippen LogP contribution is 2.34. The molecule has 12 heavy (non-hydrogen) atoms. The van der Waals surface area contributed by atoms with Crippen LogP contribution in [0.2, 0.25) is 0 Å². The summed E-state index contributed by atoms with van der Waals surface area (Å²) in [6.45, 7) is 8.63. The van der Waals surface area contributed by atoms with Crippen molar-refractivity contribution in [1.82, 2.24) is 5.16 Å². The van der Waals surface area contributed by atoms with E-state index in [0.29, 0.717) is 11.8 Å². The molecule has 0 aliphatic rings. The van der Waals surface area contributed by atoms with Crippen molar-refractivity contribution in [2.45, 2.75) is 33.6 Å². The molecule has 1 atom stereocenters. The molecule has 1 rings (SSSR count). The van der Waals surface area contributed by atoms with Crippen LogP contribution in [0.5, 0.6) is 0 Å². The van der Waals surface area contributed by atoms with Gasteiger partial charge >= 0.3 is 0 Å². The molecule has 0 saturated carbocycles. The molecular formula is C9H16N2O. The second-order valence-electron chi connectivity index (χ2n) is 4.24. The third-order valence-corrected chi connectivity index (χ3v) is 2.29. The van der Waals surface area contributed by atoms with Gasteiger partial charge in [0.1, 0.15) is 0 Å². The van der Waals surface area contributed by atoms with Gasteiger partial charge in [-0.05, 0) is 5.41 Å². The minimum absolute atomic E-state index is 0.198. The summed E-state index contributed by atoms with van der Waals surface area (Å²) in [6, 6.07) is 1.79. The van der Waals surface area contributed by atoms with Crippen LogP contribution in [0.4, 0.5) is 5.88 Å². The zero-order valence-corrected chi connectivity index (χ0v) is 8.09. The number of hydrogen-bond acceptors (Lipinski definition) is 3. The summed E-state index contributed by atoms with van der Waals surface area (Å²) in [5.41, 5.74) is 6.56. The summed E-state index contributed by atoms with van der Waals surface area (Å²) in [5.74, 6) is 0.750. The van der Waals surface area contributed by atoms with Crippen molar-refractivity contribution in [3.63, 3.8) is 0 Å². The minimum Gasteiger partial charge on any atom is -0.368 e. The summed E-state index contributed by atoms with van der Waals surface area (Å²) < 4.78 is 4.81. The Hall–Kier alpha value is -0.990. The normalized spacial score (nSPS) is 14.7. The molecule has 0 aliphatic heterocycles. The largest absolute Gasteiger partial charge is 0.368 e. The molecule has 1 unspecified atom stereocenters. The number of rotatable bonds is 1. The van der Waals surface area contributed by atoms with E-state index < -0.39 is 0 Å². The highest BCUT2D eigenvalue weighted by molar-refractivity contribution is 5.26. The number of nitrogens with two attached hydrogens (primary N) is 1. The van der Waals surface area contributed by atoms with Gasteiger partial charge in [0, 0.05) is 12.0 Å². The molecule has 0 spiro atoms. The Bertz CT molecular complexity index is 260. The molecule has 1 aromatic rings. The molecule has 0 radical (unpaired) electrons. The first-order valence-electron chi connectivity index (χ1n) is 4.13. The van der Waals surface area contributed by atoms with Crippen molar-refractivity contribution in [3.05, 3.63) is 11.8 Å². The minimum atomic E-state index is 0.198. The third kappa shape index (κ3) is 1.78. The van der Waals surface area contributed by atoms with Crippen LogP contribution in [0, 0.1) is 5.41 Å². The van der Waals surface area contributed by atoms with Crippen LogP contribution < -0.4 is 5.73 Å². The van der Waals surface area contributed by atoms with Crippen LogP contribution in [0.3, 0.4) is 0 Å². The van der Waals surface area contributed by atoms with E-state index in [1.807, 2.05) is 0 Å². The summed E-state index contributed by atoms with van der Waals surface area (Å²) >= 11 is 0. The molecule has 1 heterocycles. The quantitative estimate of drug-likeness (QED) is 0.700. The fourth-order valence-electron chi connectivity index (χ4n) is 0.952. The molecule has 2 N–H and O–H groups in total. The highest BCUT2D eigenvalue weighted by atomic mass is 16.5. The van der Waals surface area contributed by atoms with Gasteiger partial charge in [-0.2, -0.15) is 0 Å². The molecule has 0 saturated heterocycles. The lowest BCUT2D eigenvalue weighted by atomic mass is 9.80. The lowest BCUT2D eigenvalue weighted by Gasteiger charge is -2.24. The van der Waals surface area contributed by atoms with Crippen molar-refractivity contribution >= 4 is 5.88 Å². The van der Waals surface area contributed by atoms with E-state index in [1.165, 1.54) is 0 Å². The maximum Gasteiger partial charge on any atom is 0.222 e. The summed E-state index contributed by atoms with van der Waals surface area (Å²) in [6.07, 6.45) is 0. The van der Waals surface area contributed by atoms with Crippen LogP contribution in [0.15, 0.2) is 10.6 Å². The first-order chi connectivity index (χ1) is 5.41. The molecule has 3 nitrogen and oxygen atoms in total. The fourth-order valence-corrected chi connectivity index (χ4v) is 0.952. The van der Waals surface area contributed by atoms with E-state index in [9.17, 15) is 0 Å². The molecule has 0 aromatic carbocycles. The van der Waals surface area contributed by atoms with Gasteiger partial charge in [0.2, 0.25) is 5.88 Å². The van der Waals surface area contributed by atoms with Crippen molar-refractivity contribution in [3.8, 4) is 0 Å². The van der Waals surface area contributed by atoms with Gasteiger partial charge in [-0.15, -0.1) is 0 Å². The predicted octanol–water partition coefficient (Wildman–Crippen LogP) is 2.41. The van der Waals surface area contributed by atoms with Crippen LogP contribution in [0.1, 0.15) is 39.3 Å². The van der Waals surface area contributed by atoms with Crippen LogP contribution >= 0.6 is 0 Å². The molecular weight excluding hydrogens is 152 g/mol. The second-order valence-corrected chi connectivity index (χ2v) is 4.24. The monoisotopic (exact) mass is 168 g/mol. The summed E-state index contributed by atoms with van der Waals surface area (Å²) in [7, 11) is 0. The first-order valence-corrected chi connectivity index (χ1v) is 4.13. The van der Waals surface area contributed by atoms with Crippen LogP contribution in [-0.4, -0.2) is 5.16 Å². The molecule has 3 heteroatoms. The van der Waals surface area contributed by atoms with Gasteiger partial charge in [-0.3, -0.25) is 0 Å². The van der Waals surface area contributed by atoms with Crippen molar-refractivity contribution in [1.29, 1.82) is 0 Å². The Balaban J connectivity index is 2.85. The molecule has 68 valence electrons. The second kappa shape index (κ2) is 2.81. The number of anilines is 1. The van der Waals surface area contributed by atoms with Gasteiger partial charge in [-0.25, -0.2) is 0 Å². The lowest BCUT2D eigenvalue weighted by Crippen LogP contribution is -2.15. The fraction of sp³-hybridized carbons (Fsp3) is 0.667. The average Bonchev–Trinajstić information content (AvgIpc) is 2.32. The number of aromatic nitrogens is 1. The SMILES string of the molecule is CC(c1cc(N)on1)C(C)(C)C. The third-order valence-electron chi connectivity index (χ3n) is 2.29. The van der Waals surface area contributed by atoms with E-state index in [0.717, 1.165) is 5.69 Å². The zero-order chi connectivity index (χ0) is 9.35. The molecule has 0 bridgehead atoms. The van der Waals surface area contributed by atoms with Gasteiger partial charge < -0.3 is 10.3 Å². The smallest absolute Gasteiger partial charge is 0.222 e. The van der Waals surface area contributed by atoms with Gasteiger partial charge in [0.05, 0.1) is 5.69 Å². The number of hydrogen-bond donors (Lipinski definition) is 1. The Labute approximate surface area is 72.9 Å². The Morgan fingerprint density at radius 1 is 1.50 bits per heavy atom. The van der Waals surface area contributed by atoms with E-state index in [4.69, 9.17) is 10.3 Å². The highest BCUT2D eigenvalue weighted by Gasteiger charge is 2.24. The van der Waals surface area contributed by atoms with Crippen LogP contribution in [0.25, 0.3) is 0 Å². The van der Waals surface area contributed by atoms with E-state index in [1.54, 1.807) is 6.07 Å². The Morgan fingerprint density at radius 2 is 2.08 bits per heavy atom. The maximum atomic E-state index is 5.43. The Kier molecular flexibility index (Phi) is 2.13. The molecule has 0 aliphatic carbocycles. The Morgan fingerprint density at radius 3 is 2.42 bits per heavy atom. The van der Waals surface area contributed by atoms with Crippen LogP contribution in [-0.2, 0) is 0 Å². The van der Waals surface area contributed by atoms with Gasteiger partial charge in [-0.1, -0.05) is 32.9 Å². The van der Waals surface area contributed by atoms with Gasteiger partial charge in [0.25, 0.3) is 0 Å². The predicted molar refractivity (Wildman–Crippen MR) is 48.8 cm³/mol. The van der Waals surface area contributed by atoms with E-state index in [-0.39, 0.29) is 5.41 Å². The summed E-state index contributed by atoms with van der Waals surface area (Å²) in [5, 5.41) is 3.88. The molecule has 0 amide bonds. The van der Waals surface area contributed by atoms with Crippen molar-refractivity contribution < 1.29 is 4.52 Å². The van der Waals surface area contributed by atoms with Crippen molar-refractivity contribution in [2.24, 2.45) is 5.41 Å². The standard InChI is InChI=1S/C9H16N2O/c1-6(9(2,3)4)7-5-8(10)12-11-7/h5-6H,10H2,1-4H3. The average molecular weight is 168 g/mol. The first kappa shape index (κ1) is 9.10. The zero-order valence-electron chi connectivity index (χ0n) is 8.09. The number of nitrogen functional groups attached to an aromatic ring is 1. The molecule has 0 fully saturated rings. The van der Waals surface area contributed by atoms with E-state index in [2.05, 4.69) is 32.9 Å². The molecule has 1 aromatic heterocycles. The maximum absolute atomic E-state index is 5.43. The topological polar surface area (TPSA) is 52.0 Å². The van der Waals surface area contributed by atoms with Crippen molar-refractivity contribution in [2.75, 3.05) is 5.73 Å². The summed E-state index contributed by atoms with van der Waals surface area (Å²) in [4.78, 5) is 0. The van der Waals surface area contributed by atoms with Gasteiger partial charge in [0.15, 0.2) is 0 Å². The lowest BCUT2D eigenvalue weighted by molar-refractivity contribution is 0.318.